The molecular formula is C20H36OSn. The molecular weight excluding hydrogens is 375 g/mol. The van der Waals surface area contributed by atoms with E-state index in [-0.39, 0.29) is 6.10 Å². The van der Waals surface area contributed by atoms with E-state index in [0.29, 0.717) is 0 Å². The molecule has 1 aromatic carbocycles. The SMILES string of the molecule is CCC[CH2][Sn]([CH2]CCC)([CH2]CCC)[O]C(C)c1ccccc1. The van der Waals surface area contributed by atoms with Gasteiger partial charge in [-0.3, -0.25) is 0 Å². The molecule has 126 valence electrons. The zero-order valence-corrected chi connectivity index (χ0v) is 18.1. The van der Waals surface area contributed by atoms with Crippen molar-refractivity contribution in [3.63, 3.8) is 0 Å². The Labute approximate surface area is 143 Å². The quantitative estimate of drug-likeness (QED) is 0.333. The van der Waals surface area contributed by atoms with Gasteiger partial charge >= 0.3 is 143 Å². The summed E-state index contributed by atoms with van der Waals surface area (Å²) in [5.74, 6) is 0. The Balaban J connectivity index is 2.84. The van der Waals surface area contributed by atoms with Crippen molar-refractivity contribution in [1.82, 2.24) is 0 Å². The first-order chi connectivity index (χ1) is 10.7. The summed E-state index contributed by atoms with van der Waals surface area (Å²) in [4.78, 5) is 0. The molecule has 0 N–H and O–H groups in total. The maximum atomic E-state index is 6.94. The maximum absolute atomic E-state index is 6.94. The van der Waals surface area contributed by atoms with Crippen molar-refractivity contribution in [2.45, 2.75) is 85.6 Å². The van der Waals surface area contributed by atoms with Crippen LogP contribution in [-0.2, 0) is 3.07 Å². The Morgan fingerprint density at radius 1 is 0.818 bits per heavy atom. The molecule has 22 heavy (non-hydrogen) atoms. The van der Waals surface area contributed by atoms with Gasteiger partial charge in [-0.05, 0) is 0 Å². The van der Waals surface area contributed by atoms with E-state index in [4.69, 9.17) is 3.07 Å². The van der Waals surface area contributed by atoms with Crippen molar-refractivity contribution in [3.8, 4) is 0 Å². The van der Waals surface area contributed by atoms with E-state index >= 15 is 0 Å². The molecule has 0 spiro atoms. The topological polar surface area (TPSA) is 9.23 Å². The number of rotatable bonds is 12. The molecule has 0 aromatic heterocycles. The van der Waals surface area contributed by atoms with Gasteiger partial charge in [-0.25, -0.2) is 0 Å². The van der Waals surface area contributed by atoms with Gasteiger partial charge in [-0.15, -0.1) is 0 Å². The van der Waals surface area contributed by atoms with Crippen molar-refractivity contribution in [1.29, 1.82) is 0 Å². The Morgan fingerprint density at radius 2 is 1.27 bits per heavy atom. The molecule has 0 amide bonds. The van der Waals surface area contributed by atoms with Gasteiger partial charge < -0.3 is 0 Å². The minimum atomic E-state index is -2.47. The molecule has 1 rings (SSSR count). The minimum absolute atomic E-state index is 0.280. The third-order valence-corrected chi connectivity index (χ3v) is 17.9. The van der Waals surface area contributed by atoms with Crippen molar-refractivity contribution < 1.29 is 3.07 Å². The van der Waals surface area contributed by atoms with Crippen LogP contribution in [0.25, 0.3) is 0 Å². The molecule has 0 heterocycles. The summed E-state index contributed by atoms with van der Waals surface area (Å²) >= 11 is -2.47. The number of unbranched alkanes of at least 4 members (excludes halogenated alkanes) is 3. The van der Waals surface area contributed by atoms with Crippen LogP contribution in [0, 0.1) is 0 Å². The summed E-state index contributed by atoms with van der Waals surface area (Å²) in [5.41, 5.74) is 1.35. The standard InChI is InChI=1S/C8H9O.3C4H9.Sn/c1-7(9)8-5-3-2-4-6-8;3*1-3-4-2;/h2-7H,1H3;3*1,3-4H2,2H3;/q-1;;;;+1. The predicted octanol–water partition coefficient (Wildman–Crippen LogP) is 7.11. The van der Waals surface area contributed by atoms with Gasteiger partial charge in [0.1, 0.15) is 0 Å². The van der Waals surface area contributed by atoms with Crippen LogP contribution in [0.3, 0.4) is 0 Å². The van der Waals surface area contributed by atoms with Gasteiger partial charge in [0.2, 0.25) is 0 Å². The average Bonchev–Trinajstić information content (AvgIpc) is 2.56. The van der Waals surface area contributed by atoms with Crippen LogP contribution in [0.15, 0.2) is 30.3 Å². The van der Waals surface area contributed by atoms with Gasteiger partial charge in [0.15, 0.2) is 0 Å². The van der Waals surface area contributed by atoms with Crippen molar-refractivity contribution >= 4 is 18.8 Å². The van der Waals surface area contributed by atoms with E-state index in [1.807, 2.05) is 0 Å². The molecule has 0 saturated heterocycles. The van der Waals surface area contributed by atoms with Crippen LogP contribution in [0.4, 0.5) is 0 Å². The molecule has 1 nitrogen and oxygen atoms in total. The summed E-state index contributed by atoms with van der Waals surface area (Å²) in [7, 11) is 0. The summed E-state index contributed by atoms with van der Waals surface area (Å²) in [6.45, 7) is 9.22. The van der Waals surface area contributed by atoms with Crippen molar-refractivity contribution in [2.75, 3.05) is 0 Å². The van der Waals surface area contributed by atoms with E-state index in [0.717, 1.165) is 0 Å². The predicted molar refractivity (Wildman–Crippen MR) is 101 cm³/mol. The number of hydrogen-bond acceptors (Lipinski definition) is 1. The third kappa shape index (κ3) is 7.04. The monoisotopic (exact) mass is 412 g/mol. The first-order valence-electron chi connectivity index (χ1n) is 9.40. The summed E-state index contributed by atoms with van der Waals surface area (Å²) in [6.07, 6.45) is 8.30. The second kappa shape index (κ2) is 11.5. The van der Waals surface area contributed by atoms with E-state index in [2.05, 4.69) is 58.0 Å². The van der Waals surface area contributed by atoms with Gasteiger partial charge in [0, 0.05) is 0 Å². The van der Waals surface area contributed by atoms with Crippen molar-refractivity contribution in [2.24, 2.45) is 0 Å². The number of hydrogen-bond donors (Lipinski definition) is 0. The fraction of sp³-hybridized carbons (Fsp3) is 0.700. The van der Waals surface area contributed by atoms with E-state index in [1.165, 1.54) is 57.4 Å². The van der Waals surface area contributed by atoms with Crippen LogP contribution in [0.2, 0.25) is 13.3 Å². The Hall–Kier alpha value is -0.0213. The molecule has 0 radical (unpaired) electrons. The molecule has 2 heteroatoms. The van der Waals surface area contributed by atoms with Gasteiger partial charge in [0.25, 0.3) is 0 Å². The van der Waals surface area contributed by atoms with Crippen LogP contribution < -0.4 is 0 Å². The van der Waals surface area contributed by atoms with Crippen molar-refractivity contribution in [3.05, 3.63) is 35.9 Å². The Kier molecular flexibility index (Phi) is 10.5. The van der Waals surface area contributed by atoms with Crippen LogP contribution in [0.5, 0.6) is 0 Å². The molecule has 0 saturated carbocycles. The summed E-state index contributed by atoms with van der Waals surface area (Å²) < 4.78 is 11.2. The van der Waals surface area contributed by atoms with E-state index in [9.17, 15) is 0 Å². The molecule has 1 aromatic rings. The van der Waals surface area contributed by atoms with Gasteiger partial charge in [-0.2, -0.15) is 0 Å². The molecule has 0 fully saturated rings. The normalized spacial score (nSPS) is 13.3. The second-order valence-electron chi connectivity index (χ2n) is 6.66. The van der Waals surface area contributed by atoms with E-state index < -0.39 is 18.8 Å². The molecule has 1 unspecified atom stereocenters. The van der Waals surface area contributed by atoms with Crippen LogP contribution >= 0.6 is 0 Å². The van der Waals surface area contributed by atoms with Crippen LogP contribution in [0.1, 0.15) is 77.9 Å². The van der Waals surface area contributed by atoms with E-state index in [1.54, 1.807) is 0 Å². The fourth-order valence-electron chi connectivity index (χ4n) is 3.22. The Bertz CT molecular complexity index is 355. The average molecular weight is 411 g/mol. The molecule has 0 aliphatic rings. The first-order valence-corrected chi connectivity index (χ1v) is 16.6. The summed E-state index contributed by atoms with van der Waals surface area (Å²) in [5, 5.41) is 0. The summed E-state index contributed by atoms with van der Waals surface area (Å²) in [6, 6.07) is 10.8. The molecule has 0 bridgehead atoms. The third-order valence-electron chi connectivity index (χ3n) is 4.65. The first kappa shape index (κ1) is 20.0. The Morgan fingerprint density at radius 3 is 1.68 bits per heavy atom. The van der Waals surface area contributed by atoms with Crippen LogP contribution in [-0.4, -0.2) is 18.8 Å². The number of benzene rings is 1. The molecule has 0 aliphatic heterocycles. The zero-order valence-electron chi connectivity index (χ0n) is 15.2. The fourth-order valence-corrected chi connectivity index (χ4v) is 17.4. The van der Waals surface area contributed by atoms with Gasteiger partial charge in [-0.1, -0.05) is 0 Å². The molecule has 1 atom stereocenters. The van der Waals surface area contributed by atoms with Gasteiger partial charge in [0.05, 0.1) is 0 Å². The second-order valence-corrected chi connectivity index (χ2v) is 18.4. The zero-order chi connectivity index (χ0) is 16.3. The molecule has 0 aliphatic carbocycles.